The molecule has 0 bridgehead atoms. The van der Waals surface area contributed by atoms with Gasteiger partial charge in [-0.2, -0.15) is 0 Å². The Labute approximate surface area is 166 Å². The molecule has 2 aromatic carbocycles. The van der Waals surface area contributed by atoms with Gasteiger partial charge in [0, 0.05) is 24.6 Å². The Morgan fingerprint density at radius 2 is 1.46 bits per heavy atom. The minimum absolute atomic E-state index is 0.00863. The van der Waals surface area contributed by atoms with E-state index in [4.69, 9.17) is 0 Å². The highest BCUT2D eigenvalue weighted by Gasteiger charge is 2.35. The van der Waals surface area contributed by atoms with Gasteiger partial charge in [0.1, 0.15) is 6.04 Å². The molecule has 0 aromatic heterocycles. The molecule has 2 aromatic rings. The average molecular weight is 377 g/mol. The molecule has 4 rings (SSSR count). The van der Waals surface area contributed by atoms with E-state index in [-0.39, 0.29) is 17.9 Å². The first-order valence-electron chi connectivity index (χ1n) is 10.5. The Morgan fingerprint density at radius 3 is 2.18 bits per heavy atom. The van der Waals surface area contributed by atoms with Gasteiger partial charge < -0.3 is 10.2 Å². The number of amides is 2. The quantitative estimate of drug-likeness (QED) is 0.820. The molecule has 0 spiro atoms. The van der Waals surface area contributed by atoms with Crippen LogP contribution in [0.1, 0.15) is 60.0 Å². The summed E-state index contributed by atoms with van der Waals surface area (Å²) in [5, 5.41) is 3.26. The molecular formula is C24H28N2O2. The molecular weight excluding hydrogens is 348 g/mol. The van der Waals surface area contributed by atoms with Crippen LogP contribution >= 0.6 is 0 Å². The number of carbonyl (C=O) groups is 2. The fourth-order valence-electron chi connectivity index (χ4n) is 4.44. The number of fused-ring (bicyclic) bond motifs is 1. The van der Waals surface area contributed by atoms with Gasteiger partial charge in [0.15, 0.2) is 0 Å². The van der Waals surface area contributed by atoms with E-state index in [0.717, 1.165) is 18.4 Å². The second-order valence-corrected chi connectivity index (χ2v) is 7.98. The maximum Gasteiger partial charge on any atom is 0.254 e. The molecule has 4 heteroatoms. The van der Waals surface area contributed by atoms with E-state index in [1.54, 1.807) is 4.90 Å². The Hall–Kier alpha value is -2.62. The lowest BCUT2D eigenvalue weighted by Crippen LogP contribution is -2.54. The summed E-state index contributed by atoms with van der Waals surface area (Å²) in [5.74, 6) is -0.0817. The monoisotopic (exact) mass is 376 g/mol. The molecule has 1 heterocycles. The highest BCUT2D eigenvalue weighted by atomic mass is 16.2. The summed E-state index contributed by atoms with van der Waals surface area (Å²) in [7, 11) is 0. The van der Waals surface area contributed by atoms with Crippen LogP contribution < -0.4 is 5.32 Å². The van der Waals surface area contributed by atoms with E-state index in [9.17, 15) is 9.59 Å². The number of hydrogen-bond donors (Lipinski definition) is 1. The summed E-state index contributed by atoms with van der Waals surface area (Å²) in [6, 6.07) is 17.2. The van der Waals surface area contributed by atoms with E-state index >= 15 is 0 Å². The van der Waals surface area contributed by atoms with Gasteiger partial charge in [0.05, 0.1) is 0 Å². The zero-order valence-corrected chi connectivity index (χ0v) is 16.3. The second-order valence-electron chi connectivity index (χ2n) is 7.98. The van der Waals surface area contributed by atoms with Gasteiger partial charge in [0.2, 0.25) is 5.91 Å². The van der Waals surface area contributed by atoms with Crippen molar-refractivity contribution in [1.29, 1.82) is 0 Å². The highest BCUT2D eigenvalue weighted by molar-refractivity contribution is 5.98. The van der Waals surface area contributed by atoms with Crippen LogP contribution in [0.5, 0.6) is 0 Å². The van der Waals surface area contributed by atoms with Crippen LogP contribution in [0.2, 0.25) is 0 Å². The fraction of sp³-hybridized carbons (Fsp3) is 0.417. The van der Waals surface area contributed by atoms with Crippen LogP contribution in [0.25, 0.3) is 0 Å². The number of hydrogen-bond acceptors (Lipinski definition) is 2. The normalized spacial score (nSPS) is 20.1. The number of benzene rings is 2. The van der Waals surface area contributed by atoms with Gasteiger partial charge in [-0.3, -0.25) is 9.59 Å². The number of rotatable bonds is 3. The lowest BCUT2D eigenvalue weighted by molar-refractivity contribution is -0.127. The molecule has 4 nitrogen and oxygen atoms in total. The van der Waals surface area contributed by atoms with Crippen molar-refractivity contribution in [3.63, 3.8) is 0 Å². The van der Waals surface area contributed by atoms with Crippen molar-refractivity contribution in [1.82, 2.24) is 10.2 Å². The van der Waals surface area contributed by atoms with Gasteiger partial charge in [-0.1, -0.05) is 68.1 Å². The van der Waals surface area contributed by atoms with E-state index in [0.29, 0.717) is 18.5 Å². The molecule has 1 aliphatic heterocycles. The molecule has 1 saturated carbocycles. The standard InChI is InChI=1S/C24H28N2O2/c27-23(25-21-14-6-1-2-7-15-21)22-16-19-12-8-9-13-20(19)17-26(22)24(28)18-10-4-3-5-11-18/h3-5,8-13,21-22H,1-2,6-7,14-17H2,(H,25,27)/t22-/m1/s1. The first-order valence-corrected chi connectivity index (χ1v) is 10.5. The first-order chi connectivity index (χ1) is 13.7. The zero-order chi connectivity index (χ0) is 19.3. The van der Waals surface area contributed by atoms with Crippen LogP contribution in [0, 0.1) is 0 Å². The summed E-state index contributed by atoms with van der Waals surface area (Å²) >= 11 is 0. The van der Waals surface area contributed by atoms with E-state index in [2.05, 4.69) is 17.4 Å². The maximum absolute atomic E-state index is 13.2. The number of nitrogens with one attached hydrogen (secondary N) is 1. The minimum Gasteiger partial charge on any atom is -0.352 e. The number of carbonyl (C=O) groups excluding carboxylic acids is 2. The summed E-state index contributed by atoms with van der Waals surface area (Å²) < 4.78 is 0. The molecule has 2 amide bonds. The van der Waals surface area contributed by atoms with Gasteiger partial charge in [-0.15, -0.1) is 0 Å². The molecule has 146 valence electrons. The lowest BCUT2D eigenvalue weighted by atomic mass is 9.92. The Kier molecular flexibility index (Phi) is 5.75. The Bertz CT molecular complexity index is 826. The SMILES string of the molecule is O=C(NC1CCCCCC1)[C@H]1Cc2ccccc2CN1C(=O)c1ccccc1. The average Bonchev–Trinajstić information content (AvgIpc) is 3.01. The molecule has 2 aliphatic rings. The molecule has 1 N–H and O–H groups in total. The fourth-order valence-corrected chi connectivity index (χ4v) is 4.44. The van der Waals surface area contributed by atoms with Crippen LogP contribution in [-0.4, -0.2) is 28.8 Å². The highest BCUT2D eigenvalue weighted by Crippen LogP contribution is 2.26. The van der Waals surface area contributed by atoms with Crippen molar-refractivity contribution < 1.29 is 9.59 Å². The Balaban J connectivity index is 1.58. The molecule has 1 fully saturated rings. The van der Waals surface area contributed by atoms with Crippen molar-refractivity contribution in [2.75, 3.05) is 0 Å². The predicted octanol–water partition coefficient (Wildman–Crippen LogP) is 4.09. The van der Waals surface area contributed by atoms with Gasteiger partial charge in [-0.25, -0.2) is 0 Å². The van der Waals surface area contributed by atoms with Crippen LogP contribution in [0.3, 0.4) is 0 Å². The summed E-state index contributed by atoms with van der Waals surface area (Å²) in [6.45, 7) is 0.479. The Morgan fingerprint density at radius 1 is 0.821 bits per heavy atom. The maximum atomic E-state index is 13.2. The van der Waals surface area contributed by atoms with Crippen LogP contribution in [-0.2, 0) is 17.8 Å². The lowest BCUT2D eigenvalue weighted by Gasteiger charge is -2.37. The molecule has 28 heavy (non-hydrogen) atoms. The first kappa shape index (κ1) is 18.7. The molecule has 1 atom stereocenters. The minimum atomic E-state index is -0.453. The zero-order valence-electron chi connectivity index (χ0n) is 16.3. The molecule has 1 aliphatic carbocycles. The summed E-state index contributed by atoms with van der Waals surface area (Å²) in [5.41, 5.74) is 2.93. The van der Waals surface area contributed by atoms with Crippen molar-refractivity contribution in [3.8, 4) is 0 Å². The van der Waals surface area contributed by atoms with E-state index < -0.39 is 6.04 Å². The third-order valence-electron chi connectivity index (χ3n) is 6.03. The molecule has 0 unspecified atom stereocenters. The van der Waals surface area contributed by atoms with Crippen molar-refractivity contribution >= 4 is 11.8 Å². The third kappa shape index (κ3) is 4.11. The third-order valence-corrected chi connectivity index (χ3v) is 6.03. The smallest absolute Gasteiger partial charge is 0.254 e. The predicted molar refractivity (Wildman–Crippen MR) is 110 cm³/mol. The summed E-state index contributed by atoms with van der Waals surface area (Å²) in [6.07, 6.45) is 7.51. The van der Waals surface area contributed by atoms with Crippen molar-refractivity contribution in [2.24, 2.45) is 0 Å². The molecule has 0 radical (unpaired) electrons. The van der Waals surface area contributed by atoms with Gasteiger partial charge in [-0.05, 0) is 36.1 Å². The summed E-state index contributed by atoms with van der Waals surface area (Å²) in [4.78, 5) is 28.2. The van der Waals surface area contributed by atoms with Crippen LogP contribution in [0.15, 0.2) is 54.6 Å². The molecule has 0 saturated heterocycles. The number of nitrogens with zero attached hydrogens (tertiary/aromatic N) is 1. The van der Waals surface area contributed by atoms with Crippen molar-refractivity contribution in [2.45, 2.75) is 63.6 Å². The topological polar surface area (TPSA) is 49.4 Å². The van der Waals surface area contributed by atoms with Crippen LogP contribution in [0.4, 0.5) is 0 Å². The van der Waals surface area contributed by atoms with Gasteiger partial charge >= 0.3 is 0 Å². The van der Waals surface area contributed by atoms with Gasteiger partial charge in [0.25, 0.3) is 5.91 Å². The largest absolute Gasteiger partial charge is 0.352 e. The van der Waals surface area contributed by atoms with E-state index in [1.165, 1.54) is 31.2 Å². The van der Waals surface area contributed by atoms with E-state index in [1.807, 2.05) is 42.5 Å². The van der Waals surface area contributed by atoms with Crippen molar-refractivity contribution in [3.05, 3.63) is 71.3 Å². The second kappa shape index (κ2) is 8.59.